The number of hydrogen-bond acceptors (Lipinski definition) is 5. The van der Waals surface area contributed by atoms with Crippen LogP contribution in [0.1, 0.15) is 53.6 Å². The minimum absolute atomic E-state index is 0.129. The van der Waals surface area contributed by atoms with Gasteiger partial charge in [-0.15, -0.1) is 0 Å². The molecule has 1 saturated carbocycles. The van der Waals surface area contributed by atoms with Crippen molar-refractivity contribution in [2.75, 3.05) is 6.54 Å². The molecule has 0 aromatic heterocycles. The van der Waals surface area contributed by atoms with Gasteiger partial charge in [-0.25, -0.2) is 0 Å². The zero-order chi connectivity index (χ0) is 19.0. The molecular weight excluding hydrogens is 344 g/mol. The van der Waals surface area contributed by atoms with E-state index in [1.807, 2.05) is 18.2 Å². The van der Waals surface area contributed by atoms with Crippen LogP contribution in [0.3, 0.4) is 0 Å². The van der Waals surface area contributed by atoms with Crippen molar-refractivity contribution in [3.8, 4) is 0 Å². The fraction of sp³-hybridized carbons (Fsp3) is 0.550. The summed E-state index contributed by atoms with van der Waals surface area (Å²) in [6.45, 7) is 2.07. The Morgan fingerprint density at radius 2 is 2.04 bits per heavy atom. The van der Waals surface area contributed by atoms with Gasteiger partial charge in [-0.2, -0.15) is 0 Å². The third-order valence-corrected chi connectivity index (χ3v) is 6.04. The first-order valence-corrected chi connectivity index (χ1v) is 9.75. The third-order valence-electron chi connectivity index (χ3n) is 6.04. The molecule has 1 aromatic rings. The summed E-state index contributed by atoms with van der Waals surface area (Å²) in [6, 6.07) is 5.60. The van der Waals surface area contributed by atoms with Crippen molar-refractivity contribution < 1.29 is 14.4 Å². The number of nitrogens with two attached hydrogens (primary N) is 1. The van der Waals surface area contributed by atoms with Crippen LogP contribution in [0, 0.1) is 5.92 Å². The molecule has 0 radical (unpaired) electrons. The van der Waals surface area contributed by atoms with E-state index in [0.717, 1.165) is 30.6 Å². The molecule has 144 valence electrons. The topological polar surface area (TPSA) is 105 Å². The van der Waals surface area contributed by atoms with Gasteiger partial charge in [0.25, 0.3) is 5.91 Å². The Morgan fingerprint density at radius 3 is 2.78 bits per heavy atom. The van der Waals surface area contributed by atoms with Gasteiger partial charge in [0.15, 0.2) is 0 Å². The molecule has 3 unspecified atom stereocenters. The van der Waals surface area contributed by atoms with Crippen molar-refractivity contribution in [2.45, 2.75) is 57.3 Å². The van der Waals surface area contributed by atoms with Gasteiger partial charge in [-0.1, -0.05) is 18.6 Å². The van der Waals surface area contributed by atoms with Crippen LogP contribution in [0.4, 0.5) is 0 Å². The van der Waals surface area contributed by atoms with E-state index in [9.17, 15) is 14.4 Å². The van der Waals surface area contributed by atoms with Crippen LogP contribution < -0.4 is 16.4 Å². The molecule has 4 N–H and O–H groups in total. The standard InChI is InChI=1S/C20H26N4O3/c21-16-3-1-2-13(16)10-22-9-12-4-5-15-14(8-12)11-24(20(15)27)17-6-7-18(25)23-19(17)26/h4-5,8,13,16-17,22H,1-3,6-7,9-11,21H2,(H,23,25,26). The van der Waals surface area contributed by atoms with Gasteiger partial charge in [-0.3, -0.25) is 19.7 Å². The van der Waals surface area contributed by atoms with E-state index in [1.54, 1.807) is 4.90 Å². The van der Waals surface area contributed by atoms with Crippen LogP contribution in [-0.2, 0) is 22.7 Å². The summed E-state index contributed by atoms with van der Waals surface area (Å²) < 4.78 is 0. The minimum Gasteiger partial charge on any atom is -0.327 e. The molecule has 27 heavy (non-hydrogen) atoms. The second-order valence-electron chi connectivity index (χ2n) is 7.88. The highest BCUT2D eigenvalue weighted by Crippen LogP contribution is 2.28. The van der Waals surface area contributed by atoms with E-state index in [4.69, 9.17) is 5.73 Å². The zero-order valence-corrected chi connectivity index (χ0v) is 15.4. The van der Waals surface area contributed by atoms with Gasteiger partial charge >= 0.3 is 0 Å². The first-order chi connectivity index (χ1) is 13.0. The van der Waals surface area contributed by atoms with Crippen LogP contribution in [0.2, 0.25) is 0 Å². The van der Waals surface area contributed by atoms with Crippen LogP contribution >= 0.6 is 0 Å². The Bertz CT molecular complexity index is 778. The fourth-order valence-electron chi connectivity index (χ4n) is 4.46. The largest absolute Gasteiger partial charge is 0.327 e. The number of carbonyl (C=O) groups excluding carboxylic acids is 3. The van der Waals surface area contributed by atoms with Crippen molar-refractivity contribution in [1.29, 1.82) is 0 Å². The molecule has 1 aromatic carbocycles. The summed E-state index contributed by atoms with van der Waals surface area (Å²) in [7, 11) is 0. The van der Waals surface area contributed by atoms with E-state index in [-0.39, 0.29) is 24.1 Å². The number of benzene rings is 1. The van der Waals surface area contributed by atoms with Crippen LogP contribution in [0.25, 0.3) is 0 Å². The maximum atomic E-state index is 12.7. The number of amides is 3. The summed E-state index contributed by atoms with van der Waals surface area (Å²) >= 11 is 0. The molecule has 3 amide bonds. The molecule has 3 aliphatic rings. The number of piperidine rings is 1. The number of imide groups is 1. The third kappa shape index (κ3) is 3.61. The van der Waals surface area contributed by atoms with E-state index in [2.05, 4.69) is 10.6 Å². The Labute approximate surface area is 158 Å². The molecule has 2 fully saturated rings. The molecule has 0 spiro atoms. The smallest absolute Gasteiger partial charge is 0.255 e. The van der Waals surface area contributed by atoms with E-state index in [1.165, 1.54) is 12.8 Å². The lowest BCUT2D eigenvalue weighted by molar-refractivity contribution is -0.136. The lowest BCUT2D eigenvalue weighted by Crippen LogP contribution is -2.52. The maximum absolute atomic E-state index is 12.7. The van der Waals surface area contributed by atoms with Gasteiger partial charge in [0.05, 0.1) is 0 Å². The summed E-state index contributed by atoms with van der Waals surface area (Å²) in [6.07, 6.45) is 4.18. The van der Waals surface area contributed by atoms with Gasteiger partial charge in [0.1, 0.15) is 6.04 Å². The number of rotatable bonds is 5. The number of nitrogens with one attached hydrogen (secondary N) is 2. The molecule has 4 rings (SSSR count). The average Bonchev–Trinajstić information content (AvgIpc) is 3.19. The normalized spacial score (nSPS) is 27.8. The Hall–Kier alpha value is -2.25. The van der Waals surface area contributed by atoms with Crippen molar-refractivity contribution >= 4 is 17.7 Å². The summed E-state index contributed by atoms with van der Waals surface area (Å²) in [5.41, 5.74) is 8.84. The molecule has 1 saturated heterocycles. The van der Waals surface area contributed by atoms with E-state index in [0.29, 0.717) is 30.5 Å². The lowest BCUT2D eigenvalue weighted by Gasteiger charge is -2.29. The number of fused-ring (bicyclic) bond motifs is 1. The first kappa shape index (κ1) is 18.1. The highest BCUT2D eigenvalue weighted by atomic mass is 16.2. The summed E-state index contributed by atoms with van der Waals surface area (Å²) in [5, 5.41) is 5.81. The van der Waals surface area contributed by atoms with E-state index < -0.39 is 6.04 Å². The quantitative estimate of drug-likeness (QED) is 0.661. The molecule has 0 bridgehead atoms. The predicted molar refractivity (Wildman–Crippen MR) is 99.5 cm³/mol. The highest BCUT2D eigenvalue weighted by Gasteiger charge is 2.39. The molecular formula is C20H26N4O3. The lowest BCUT2D eigenvalue weighted by atomic mass is 10.0. The second kappa shape index (κ2) is 7.40. The Morgan fingerprint density at radius 1 is 1.19 bits per heavy atom. The van der Waals surface area contributed by atoms with E-state index >= 15 is 0 Å². The van der Waals surface area contributed by atoms with Gasteiger partial charge < -0.3 is 16.0 Å². The van der Waals surface area contributed by atoms with Gasteiger partial charge in [0.2, 0.25) is 11.8 Å². The molecule has 7 heteroatoms. The van der Waals surface area contributed by atoms with Crippen LogP contribution in [0.15, 0.2) is 18.2 Å². The second-order valence-corrected chi connectivity index (χ2v) is 7.88. The number of nitrogens with zero attached hydrogens (tertiary/aromatic N) is 1. The first-order valence-electron chi connectivity index (χ1n) is 9.75. The molecule has 2 aliphatic heterocycles. The molecule has 3 atom stereocenters. The predicted octanol–water partition coefficient (Wildman–Crippen LogP) is 0.665. The number of carbonyl (C=O) groups is 3. The highest BCUT2D eigenvalue weighted by molar-refractivity contribution is 6.05. The monoisotopic (exact) mass is 370 g/mol. The average molecular weight is 370 g/mol. The summed E-state index contributed by atoms with van der Waals surface area (Å²) in [4.78, 5) is 37.7. The minimum atomic E-state index is -0.562. The summed E-state index contributed by atoms with van der Waals surface area (Å²) in [5.74, 6) is -0.224. The maximum Gasteiger partial charge on any atom is 0.255 e. The van der Waals surface area contributed by atoms with Gasteiger partial charge in [-0.05, 0) is 48.9 Å². The van der Waals surface area contributed by atoms with Crippen LogP contribution in [-0.4, -0.2) is 41.2 Å². The molecule has 1 aliphatic carbocycles. The zero-order valence-electron chi connectivity index (χ0n) is 15.4. The molecule has 7 nitrogen and oxygen atoms in total. The number of hydrogen-bond donors (Lipinski definition) is 3. The van der Waals surface area contributed by atoms with Crippen molar-refractivity contribution in [2.24, 2.45) is 11.7 Å². The fourth-order valence-corrected chi connectivity index (χ4v) is 4.46. The van der Waals surface area contributed by atoms with Crippen molar-refractivity contribution in [3.63, 3.8) is 0 Å². The van der Waals surface area contributed by atoms with Crippen molar-refractivity contribution in [3.05, 3.63) is 34.9 Å². The SMILES string of the molecule is NC1CCCC1CNCc1ccc2c(c1)CN(C1CCC(=O)NC1=O)C2=O. The van der Waals surface area contributed by atoms with Crippen LogP contribution in [0.5, 0.6) is 0 Å². The van der Waals surface area contributed by atoms with Gasteiger partial charge in [0, 0.05) is 31.1 Å². The Balaban J connectivity index is 1.38. The molecule has 2 heterocycles. The van der Waals surface area contributed by atoms with Crippen molar-refractivity contribution in [1.82, 2.24) is 15.5 Å². The Kier molecular flexibility index (Phi) is 4.97.